The Hall–Kier alpha value is -1.78. The highest BCUT2D eigenvalue weighted by Gasteiger charge is 2.12. The third-order valence-corrected chi connectivity index (χ3v) is 2.41. The first-order chi connectivity index (χ1) is 11.4. The summed E-state index contributed by atoms with van der Waals surface area (Å²) in [4.78, 5) is 21.5. The molecule has 0 fully saturated rings. The van der Waals surface area contributed by atoms with Crippen LogP contribution < -0.4 is 0 Å². The normalized spacial score (nSPS) is 13.2. The second-order valence-corrected chi connectivity index (χ2v) is 4.70. The summed E-state index contributed by atoms with van der Waals surface area (Å²) in [6.07, 6.45) is -1.08. The number of ether oxygens (including phenoxy) is 4. The molecule has 0 rings (SSSR count). The number of rotatable bonds is 14. The molecule has 0 saturated carbocycles. The predicted molar refractivity (Wildman–Crippen MR) is 82.0 cm³/mol. The van der Waals surface area contributed by atoms with E-state index in [1.807, 2.05) is 0 Å². The maximum Gasteiger partial charge on any atom is 0.330 e. The van der Waals surface area contributed by atoms with Crippen LogP contribution in [0.3, 0.4) is 0 Å². The molecule has 0 aliphatic carbocycles. The SMILES string of the molecule is C=CC(=O)OC[C@@H](O)COCC(O)COC[C@H](O)COC(=O)C=C. The fourth-order valence-corrected chi connectivity index (χ4v) is 1.30. The van der Waals surface area contributed by atoms with Gasteiger partial charge in [0.15, 0.2) is 0 Å². The Morgan fingerprint density at radius 1 is 0.708 bits per heavy atom. The Bertz CT molecular complexity index is 360. The highest BCUT2D eigenvalue weighted by atomic mass is 16.6. The molecule has 138 valence electrons. The molecule has 0 aromatic heterocycles. The highest BCUT2D eigenvalue weighted by molar-refractivity contribution is 5.81. The number of aliphatic hydroxyl groups is 3. The van der Waals surface area contributed by atoms with Gasteiger partial charge < -0.3 is 34.3 Å². The van der Waals surface area contributed by atoms with Crippen LogP contribution in [0.15, 0.2) is 25.3 Å². The van der Waals surface area contributed by atoms with Gasteiger partial charge in [0, 0.05) is 12.2 Å². The van der Waals surface area contributed by atoms with Gasteiger partial charge in [-0.15, -0.1) is 0 Å². The average molecular weight is 348 g/mol. The zero-order valence-corrected chi connectivity index (χ0v) is 13.3. The van der Waals surface area contributed by atoms with Crippen LogP contribution in [0, 0.1) is 0 Å². The van der Waals surface area contributed by atoms with Crippen molar-refractivity contribution >= 4 is 11.9 Å². The molecule has 0 aromatic carbocycles. The molecule has 0 bridgehead atoms. The van der Waals surface area contributed by atoms with Crippen molar-refractivity contribution < 1.29 is 43.9 Å². The minimum Gasteiger partial charge on any atom is -0.460 e. The van der Waals surface area contributed by atoms with E-state index >= 15 is 0 Å². The van der Waals surface area contributed by atoms with Crippen LogP contribution >= 0.6 is 0 Å². The summed E-state index contributed by atoms with van der Waals surface area (Å²) in [6.45, 7) is 5.42. The molecule has 0 heterocycles. The smallest absolute Gasteiger partial charge is 0.330 e. The summed E-state index contributed by atoms with van der Waals surface area (Å²) in [7, 11) is 0. The van der Waals surface area contributed by atoms with Crippen LogP contribution in [-0.4, -0.2) is 85.2 Å². The molecule has 0 aliphatic rings. The van der Waals surface area contributed by atoms with Crippen LogP contribution in [0.2, 0.25) is 0 Å². The van der Waals surface area contributed by atoms with Crippen molar-refractivity contribution in [3.63, 3.8) is 0 Å². The van der Waals surface area contributed by atoms with E-state index in [1.165, 1.54) is 0 Å². The van der Waals surface area contributed by atoms with Crippen LogP contribution in [0.5, 0.6) is 0 Å². The van der Waals surface area contributed by atoms with E-state index < -0.39 is 30.3 Å². The van der Waals surface area contributed by atoms with Gasteiger partial charge >= 0.3 is 11.9 Å². The van der Waals surface area contributed by atoms with Crippen molar-refractivity contribution in [1.82, 2.24) is 0 Å². The number of aliphatic hydroxyl groups excluding tert-OH is 3. The average Bonchev–Trinajstić information content (AvgIpc) is 2.57. The summed E-state index contributed by atoms with van der Waals surface area (Å²) >= 11 is 0. The van der Waals surface area contributed by atoms with Gasteiger partial charge in [-0.3, -0.25) is 0 Å². The molecule has 0 amide bonds. The van der Waals surface area contributed by atoms with Crippen molar-refractivity contribution in [2.24, 2.45) is 0 Å². The van der Waals surface area contributed by atoms with Crippen LogP contribution in [0.25, 0.3) is 0 Å². The van der Waals surface area contributed by atoms with Gasteiger partial charge in [0.25, 0.3) is 0 Å². The summed E-state index contributed by atoms with van der Waals surface area (Å²) in [5.74, 6) is -1.31. The first kappa shape index (κ1) is 22.2. The third kappa shape index (κ3) is 12.7. The summed E-state index contributed by atoms with van der Waals surface area (Å²) in [5.41, 5.74) is 0. The third-order valence-electron chi connectivity index (χ3n) is 2.41. The Kier molecular flexibility index (Phi) is 12.6. The summed E-state index contributed by atoms with van der Waals surface area (Å²) in [6, 6.07) is 0. The van der Waals surface area contributed by atoms with Gasteiger partial charge in [-0.25, -0.2) is 9.59 Å². The molecule has 0 spiro atoms. The van der Waals surface area contributed by atoms with E-state index in [2.05, 4.69) is 22.6 Å². The summed E-state index contributed by atoms with van der Waals surface area (Å²) < 4.78 is 19.3. The molecule has 2 atom stereocenters. The lowest BCUT2D eigenvalue weighted by Gasteiger charge is -2.16. The first-order valence-electron chi connectivity index (χ1n) is 7.17. The lowest BCUT2D eigenvalue weighted by Crippen LogP contribution is -2.30. The topological polar surface area (TPSA) is 132 Å². The van der Waals surface area contributed by atoms with E-state index in [-0.39, 0.29) is 39.6 Å². The Morgan fingerprint density at radius 2 is 1.00 bits per heavy atom. The zero-order chi connectivity index (χ0) is 18.4. The number of esters is 2. The Morgan fingerprint density at radius 3 is 1.29 bits per heavy atom. The monoisotopic (exact) mass is 348 g/mol. The van der Waals surface area contributed by atoms with Crippen molar-refractivity contribution in [2.45, 2.75) is 18.3 Å². The predicted octanol–water partition coefficient (Wildman–Crippen LogP) is -1.44. The molecule has 0 aliphatic heterocycles. The second-order valence-electron chi connectivity index (χ2n) is 4.70. The molecule has 0 saturated heterocycles. The van der Waals surface area contributed by atoms with Crippen LogP contribution in [0.1, 0.15) is 0 Å². The fraction of sp³-hybridized carbons (Fsp3) is 0.600. The minimum absolute atomic E-state index is 0.117. The van der Waals surface area contributed by atoms with E-state index in [1.54, 1.807) is 0 Å². The number of carbonyl (C=O) groups excluding carboxylic acids is 2. The lowest BCUT2D eigenvalue weighted by molar-refractivity contribution is -0.142. The quantitative estimate of drug-likeness (QED) is 0.255. The molecule has 0 aromatic rings. The van der Waals surface area contributed by atoms with Crippen LogP contribution in [-0.2, 0) is 28.5 Å². The standard InChI is InChI=1S/C15H24O9/c1-3-14(19)23-9-12(17)7-21-5-11(16)6-22-8-13(18)10-24-15(20)4-2/h3-4,11-13,16-18H,1-2,5-10H2/t12-,13-/m0/s1. The van der Waals surface area contributed by atoms with Gasteiger partial charge in [0.05, 0.1) is 26.4 Å². The number of carbonyl (C=O) groups is 2. The van der Waals surface area contributed by atoms with Gasteiger partial charge in [-0.1, -0.05) is 13.2 Å². The number of hydrogen-bond donors (Lipinski definition) is 3. The minimum atomic E-state index is -1.02. The molecular weight excluding hydrogens is 324 g/mol. The molecule has 24 heavy (non-hydrogen) atoms. The van der Waals surface area contributed by atoms with Crippen molar-refractivity contribution in [2.75, 3.05) is 39.6 Å². The zero-order valence-electron chi connectivity index (χ0n) is 13.3. The fourth-order valence-electron chi connectivity index (χ4n) is 1.30. The van der Waals surface area contributed by atoms with Crippen molar-refractivity contribution in [3.8, 4) is 0 Å². The second kappa shape index (κ2) is 13.6. The van der Waals surface area contributed by atoms with Gasteiger partial charge in [-0.05, 0) is 0 Å². The molecular formula is C15H24O9. The van der Waals surface area contributed by atoms with Crippen molar-refractivity contribution in [1.29, 1.82) is 0 Å². The number of hydrogen-bond acceptors (Lipinski definition) is 9. The first-order valence-corrected chi connectivity index (χ1v) is 7.17. The van der Waals surface area contributed by atoms with Gasteiger partial charge in [-0.2, -0.15) is 0 Å². The van der Waals surface area contributed by atoms with Gasteiger partial charge in [0.2, 0.25) is 0 Å². The van der Waals surface area contributed by atoms with Crippen LogP contribution in [0.4, 0.5) is 0 Å². The molecule has 0 unspecified atom stereocenters. The molecule has 0 radical (unpaired) electrons. The van der Waals surface area contributed by atoms with E-state index in [9.17, 15) is 24.9 Å². The maximum absolute atomic E-state index is 10.8. The van der Waals surface area contributed by atoms with Gasteiger partial charge in [0.1, 0.15) is 31.5 Å². The molecule has 9 heteroatoms. The van der Waals surface area contributed by atoms with E-state index in [0.717, 1.165) is 12.2 Å². The van der Waals surface area contributed by atoms with E-state index in [0.29, 0.717) is 0 Å². The maximum atomic E-state index is 10.8. The molecule has 9 nitrogen and oxygen atoms in total. The lowest BCUT2D eigenvalue weighted by atomic mass is 10.3. The largest absolute Gasteiger partial charge is 0.460 e. The molecule has 3 N–H and O–H groups in total. The Balaban J connectivity index is 3.63. The van der Waals surface area contributed by atoms with E-state index in [4.69, 9.17) is 9.47 Å². The highest BCUT2D eigenvalue weighted by Crippen LogP contribution is 1.95. The van der Waals surface area contributed by atoms with Crippen molar-refractivity contribution in [3.05, 3.63) is 25.3 Å². The summed E-state index contributed by atoms with van der Waals surface area (Å²) in [5, 5.41) is 28.5. The Labute approximate surface area is 140 Å².